The van der Waals surface area contributed by atoms with E-state index >= 15 is 0 Å². The number of nitrogens with one attached hydrogen (secondary N) is 2. The van der Waals surface area contributed by atoms with Crippen molar-refractivity contribution in [3.05, 3.63) is 101 Å². The highest BCUT2D eigenvalue weighted by Crippen LogP contribution is 2.20. The van der Waals surface area contributed by atoms with Crippen LogP contribution in [0.1, 0.15) is 23.1 Å². The highest BCUT2D eigenvalue weighted by molar-refractivity contribution is 6.30. The number of rotatable bonds is 9. The summed E-state index contributed by atoms with van der Waals surface area (Å²) in [6, 6.07) is 19.1. The molecule has 1 aliphatic heterocycles. The number of nitrogens with zero attached hydrogens (tertiary/aromatic N) is 2. The van der Waals surface area contributed by atoms with Crippen LogP contribution >= 0.6 is 11.6 Å². The number of ether oxygens (including phenoxy) is 1. The molecule has 0 radical (unpaired) electrons. The summed E-state index contributed by atoms with van der Waals surface area (Å²) in [7, 11) is 0. The topological polar surface area (TPSA) is 119 Å². The lowest BCUT2D eigenvalue weighted by Gasteiger charge is -2.20. The van der Waals surface area contributed by atoms with Crippen LogP contribution in [0.4, 0.5) is 10.5 Å². The number of amides is 1. The number of pyridine rings is 1. The van der Waals surface area contributed by atoms with Crippen LogP contribution in [0.15, 0.2) is 79.3 Å². The molecule has 0 saturated carbocycles. The minimum atomic E-state index is -0.386. The smallest absolute Gasteiger partial charge is 0.407 e. The highest BCUT2D eigenvalue weighted by atomic mass is 35.5. The van der Waals surface area contributed by atoms with Gasteiger partial charge in [0.1, 0.15) is 6.10 Å². The Hall–Kier alpha value is -3.59. The Kier molecular flexibility index (Phi) is 8.78. The predicted molar refractivity (Wildman–Crippen MR) is 143 cm³/mol. The summed E-state index contributed by atoms with van der Waals surface area (Å²) in [5, 5.41) is 8.40. The second-order valence-electron chi connectivity index (χ2n) is 8.69. The van der Waals surface area contributed by atoms with E-state index in [0.29, 0.717) is 17.3 Å². The molecule has 3 aromatic rings. The number of hydrogen-bond donors (Lipinski definition) is 4. The summed E-state index contributed by atoms with van der Waals surface area (Å²) in [4.78, 5) is 16.3. The van der Waals surface area contributed by atoms with Crippen molar-refractivity contribution < 1.29 is 9.53 Å². The maximum absolute atomic E-state index is 12.3. The van der Waals surface area contributed by atoms with E-state index in [-0.39, 0.29) is 18.2 Å². The van der Waals surface area contributed by atoms with Gasteiger partial charge in [-0.15, -0.1) is 0 Å². The second-order valence-corrected chi connectivity index (χ2v) is 9.13. The third-order valence-electron chi connectivity index (χ3n) is 6.12. The van der Waals surface area contributed by atoms with Gasteiger partial charge in [-0.25, -0.2) is 10.6 Å². The molecule has 0 aliphatic carbocycles. The van der Waals surface area contributed by atoms with E-state index in [1.165, 1.54) is 5.01 Å². The number of alkyl carbamates (subject to hydrolysis) is 1. The lowest BCUT2D eigenvalue weighted by Crippen LogP contribution is -2.38. The quantitative estimate of drug-likeness (QED) is 0.258. The lowest BCUT2D eigenvalue weighted by molar-refractivity contribution is 0.0902. The van der Waals surface area contributed by atoms with E-state index in [2.05, 4.69) is 15.6 Å². The van der Waals surface area contributed by atoms with Gasteiger partial charge in [0.2, 0.25) is 0 Å². The standard InChI is InChI=1S/C27H31ClN6O2/c28-22-5-7-23(8-6-22)34(30)18-24(29)21-3-1-20(2-4-21)17-25-26(12-16-32-25)36-27(35)33-15-11-19-9-13-31-14-10-19/h1-10,13-14,18,25-26,32H,11-12,15-17,29-30H2,(H,33,35)/b24-18-. The van der Waals surface area contributed by atoms with Gasteiger partial charge in [0.25, 0.3) is 0 Å². The van der Waals surface area contributed by atoms with E-state index in [1.807, 2.05) is 48.5 Å². The lowest BCUT2D eigenvalue weighted by atomic mass is 10.0. The Morgan fingerprint density at radius 1 is 1.11 bits per heavy atom. The predicted octanol–water partition coefficient (Wildman–Crippen LogP) is 3.61. The Balaban J connectivity index is 1.27. The van der Waals surface area contributed by atoms with Gasteiger partial charge in [0, 0.05) is 36.2 Å². The number of hydrogen-bond acceptors (Lipinski definition) is 7. The third kappa shape index (κ3) is 7.21. The van der Waals surface area contributed by atoms with Crippen LogP contribution in [-0.4, -0.2) is 36.3 Å². The van der Waals surface area contributed by atoms with Gasteiger partial charge in [0.15, 0.2) is 0 Å². The molecule has 6 N–H and O–H groups in total. The number of anilines is 1. The van der Waals surface area contributed by atoms with Gasteiger partial charge < -0.3 is 21.1 Å². The molecule has 0 spiro atoms. The molecule has 4 rings (SSSR count). The molecule has 2 atom stereocenters. The first-order valence-electron chi connectivity index (χ1n) is 11.9. The van der Waals surface area contributed by atoms with Gasteiger partial charge in [0.05, 0.1) is 11.4 Å². The van der Waals surface area contributed by atoms with Crippen molar-refractivity contribution in [1.82, 2.24) is 15.6 Å². The minimum Gasteiger partial charge on any atom is -0.445 e. The number of nitrogens with two attached hydrogens (primary N) is 2. The molecule has 188 valence electrons. The number of carbonyl (C=O) groups is 1. The van der Waals surface area contributed by atoms with Crippen LogP contribution in [-0.2, 0) is 17.6 Å². The number of carbonyl (C=O) groups excluding carboxylic acids is 1. The molecule has 1 aliphatic rings. The van der Waals surface area contributed by atoms with Crippen LogP contribution in [0.25, 0.3) is 5.70 Å². The number of hydrazine groups is 1. The molecule has 36 heavy (non-hydrogen) atoms. The summed E-state index contributed by atoms with van der Waals surface area (Å²) in [5.41, 5.74) is 10.7. The number of benzene rings is 2. The van der Waals surface area contributed by atoms with E-state index in [0.717, 1.165) is 48.2 Å². The van der Waals surface area contributed by atoms with Gasteiger partial charge in [-0.1, -0.05) is 35.9 Å². The molecule has 2 aromatic carbocycles. The molecule has 1 fully saturated rings. The van der Waals surface area contributed by atoms with Crippen molar-refractivity contribution in [3.63, 3.8) is 0 Å². The molecule has 2 unspecified atom stereocenters. The van der Waals surface area contributed by atoms with E-state index in [4.69, 9.17) is 27.9 Å². The van der Waals surface area contributed by atoms with Crippen LogP contribution in [0.5, 0.6) is 0 Å². The SMILES string of the molecule is N/C(=C\N(N)c1ccc(Cl)cc1)c1ccc(CC2NCCC2OC(=O)NCCc2ccncc2)cc1. The van der Waals surface area contributed by atoms with Crippen LogP contribution < -0.4 is 27.2 Å². The van der Waals surface area contributed by atoms with Crippen molar-refractivity contribution in [2.24, 2.45) is 11.6 Å². The highest BCUT2D eigenvalue weighted by Gasteiger charge is 2.30. The molecule has 1 amide bonds. The average Bonchev–Trinajstić information content (AvgIpc) is 3.31. The molecular formula is C27H31ClN6O2. The average molecular weight is 507 g/mol. The zero-order chi connectivity index (χ0) is 25.3. The van der Waals surface area contributed by atoms with Gasteiger partial charge in [-0.2, -0.15) is 0 Å². The molecule has 9 heteroatoms. The summed E-state index contributed by atoms with van der Waals surface area (Å²) in [5.74, 6) is 6.11. The molecule has 0 bridgehead atoms. The minimum absolute atomic E-state index is 0.0547. The Labute approximate surface area is 216 Å². The first-order valence-corrected chi connectivity index (χ1v) is 12.3. The Morgan fingerprint density at radius 2 is 1.83 bits per heavy atom. The monoisotopic (exact) mass is 506 g/mol. The zero-order valence-corrected chi connectivity index (χ0v) is 20.7. The molecule has 2 heterocycles. The summed E-state index contributed by atoms with van der Waals surface area (Å²) in [6.45, 7) is 1.33. The second kappa shape index (κ2) is 12.4. The maximum atomic E-state index is 12.3. The summed E-state index contributed by atoms with van der Waals surface area (Å²) < 4.78 is 5.71. The fourth-order valence-electron chi connectivity index (χ4n) is 4.13. The van der Waals surface area contributed by atoms with Crippen LogP contribution in [0.2, 0.25) is 5.02 Å². The third-order valence-corrected chi connectivity index (χ3v) is 6.37. The fourth-order valence-corrected chi connectivity index (χ4v) is 4.25. The fraction of sp³-hybridized carbons (Fsp3) is 0.259. The largest absolute Gasteiger partial charge is 0.445 e. The Morgan fingerprint density at radius 3 is 2.56 bits per heavy atom. The molecule has 1 aromatic heterocycles. The van der Waals surface area contributed by atoms with Gasteiger partial charge >= 0.3 is 6.09 Å². The van der Waals surface area contributed by atoms with E-state index < -0.39 is 0 Å². The molecule has 8 nitrogen and oxygen atoms in total. The maximum Gasteiger partial charge on any atom is 0.407 e. The molecule has 1 saturated heterocycles. The summed E-state index contributed by atoms with van der Waals surface area (Å²) >= 11 is 5.94. The van der Waals surface area contributed by atoms with E-state index in [1.54, 1.807) is 30.7 Å². The van der Waals surface area contributed by atoms with Crippen molar-refractivity contribution >= 4 is 29.1 Å². The first-order chi connectivity index (χ1) is 17.5. The first kappa shape index (κ1) is 25.5. The van der Waals surface area contributed by atoms with Crippen molar-refractivity contribution in [2.45, 2.75) is 31.4 Å². The van der Waals surface area contributed by atoms with Gasteiger partial charge in [-0.05, 0) is 78.9 Å². The molecular weight excluding hydrogens is 476 g/mol. The van der Waals surface area contributed by atoms with Crippen LogP contribution in [0, 0.1) is 0 Å². The van der Waals surface area contributed by atoms with Gasteiger partial charge in [-0.3, -0.25) is 9.99 Å². The zero-order valence-electron chi connectivity index (χ0n) is 19.9. The number of halogens is 1. The van der Waals surface area contributed by atoms with Crippen molar-refractivity contribution in [1.29, 1.82) is 0 Å². The van der Waals surface area contributed by atoms with E-state index in [9.17, 15) is 4.79 Å². The van der Waals surface area contributed by atoms with Crippen LogP contribution in [0.3, 0.4) is 0 Å². The normalized spacial score (nSPS) is 17.6. The number of aromatic nitrogens is 1. The van der Waals surface area contributed by atoms with Crippen molar-refractivity contribution in [2.75, 3.05) is 18.1 Å². The van der Waals surface area contributed by atoms with Crippen molar-refractivity contribution in [3.8, 4) is 0 Å². The summed E-state index contributed by atoms with van der Waals surface area (Å²) in [6.07, 6.45) is 6.86. The Bertz CT molecular complexity index is 1160.